The molecule has 1 aromatic rings. The number of rotatable bonds is 6. The summed E-state index contributed by atoms with van der Waals surface area (Å²) in [7, 11) is 0.340. The standard InChI is InChI=1S/C15H22F3N3O2S/c1-19-14(20-9-4-10-24(3,22)23)21(2)11-12-5-7-13(8-6-12)15(16,17)18/h5-8H,4,9-11H2,1-3H3,(H,19,20). The second kappa shape index (κ2) is 8.36. The minimum absolute atomic E-state index is 0.0829. The normalized spacial score (nSPS) is 13.0. The first-order valence-corrected chi connectivity index (χ1v) is 9.34. The summed E-state index contributed by atoms with van der Waals surface area (Å²) in [5.74, 6) is 0.628. The molecule has 0 fully saturated rings. The molecule has 0 unspecified atom stereocenters. The monoisotopic (exact) mass is 365 g/mol. The van der Waals surface area contributed by atoms with Crippen molar-refractivity contribution in [1.29, 1.82) is 0 Å². The van der Waals surface area contributed by atoms with Gasteiger partial charge in [0.15, 0.2) is 5.96 Å². The average molecular weight is 365 g/mol. The third kappa shape index (κ3) is 7.20. The van der Waals surface area contributed by atoms with Crippen LogP contribution in [0.15, 0.2) is 29.3 Å². The van der Waals surface area contributed by atoms with Crippen LogP contribution in [0.3, 0.4) is 0 Å². The Morgan fingerprint density at radius 3 is 2.29 bits per heavy atom. The van der Waals surface area contributed by atoms with Crippen LogP contribution in [0, 0.1) is 0 Å². The van der Waals surface area contributed by atoms with Gasteiger partial charge in [0.1, 0.15) is 9.84 Å². The van der Waals surface area contributed by atoms with E-state index in [9.17, 15) is 21.6 Å². The number of hydrogen-bond donors (Lipinski definition) is 1. The summed E-state index contributed by atoms with van der Waals surface area (Å²) < 4.78 is 59.8. The van der Waals surface area contributed by atoms with E-state index in [2.05, 4.69) is 10.3 Å². The van der Waals surface area contributed by atoms with Crippen LogP contribution in [-0.4, -0.2) is 51.9 Å². The molecule has 0 spiro atoms. The second-order valence-corrected chi connectivity index (χ2v) is 7.77. The number of sulfone groups is 1. The molecule has 0 radical (unpaired) electrons. The van der Waals surface area contributed by atoms with Gasteiger partial charge in [-0.25, -0.2) is 8.42 Å². The van der Waals surface area contributed by atoms with Crippen molar-refractivity contribution in [2.75, 3.05) is 32.6 Å². The summed E-state index contributed by atoms with van der Waals surface area (Å²) in [4.78, 5) is 5.83. The van der Waals surface area contributed by atoms with Crippen LogP contribution in [0.5, 0.6) is 0 Å². The number of alkyl halides is 3. The molecule has 5 nitrogen and oxygen atoms in total. The van der Waals surface area contributed by atoms with Gasteiger partial charge in [-0.2, -0.15) is 13.2 Å². The smallest absolute Gasteiger partial charge is 0.356 e. The maximum absolute atomic E-state index is 12.5. The number of halogens is 3. The lowest BCUT2D eigenvalue weighted by Crippen LogP contribution is -2.39. The van der Waals surface area contributed by atoms with Crippen LogP contribution >= 0.6 is 0 Å². The van der Waals surface area contributed by atoms with E-state index in [1.807, 2.05) is 0 Å². The fourth-order valence-electron chi connectivity index (χ4n) is 2.07. The first kappa shape index (κ1) is 20.3. The van der Waals surface area contributed by atoms with Gasteiger partial charge in [0.25, 0.3) is 0 Å². The summed E-state index contributed by atoms with van der Waals surface area (Å²) in [6.45, 7) is 0.820. The second-order valence-electron chi connectivity index (χ2n) is 5.51. The summed E-state index contributed by atoms with van der Waals surface area (Å²) in [6, 6.07) is 4.95. The highest BCUT2D eigenvalue weighted by molar-refractivity contribution is 7.90. The van der Waals surface area contributed by atoms with E-state index >= 15 is 0 Å². The maximum atomic E-state index is 12.5. The molecule has 0 aromatic heterocycles. The summed E-state index contributed by atoms with van der Waals surface area (Å²) in [6.07, 6.45) is -2.72. The van der Waals surface area contributed by atoms with Gasteiger partial charge in [-0.15, -0.1) is 0 Å². The predicted octanol–water partition coefficient (Wildman–Crippen LogP) is 2.15. The van der Waals surface area contributed by atoms with Gasteiger partial charge in [-0.1, -0.05) is 12.1 Å². The van der Waals surface area contributed by atoms with E-state index in [-0.39, 0.29) is 5.75 Å². The van der Waals surface area contributed by atoms with Crippen LogP contribution in [0.1, 0.15) is 17.5 Å². The van der Waals surface area contributed by atoms with Crippen LogP contribution in [-0.2, 0) is 22.6 Å². The van der Waals surface area contributed by atoms with Crippen molar-refractivity contribution in [3.63, 3.8) is 0 Å². The Morgan fingerprint density at radius 1 is 1.25 bits per heavy atom. The number of hydrogen-bond acceptors (Lipinski definition) is 3. The predicted molar refractivity (Wildman–Crippen MR) is 88.6 cm³/mol. The molecule has 0 amide bonds. The third-order valence-corrected chi connectivity index (χ3v) is 4.28. The zero-order valence-electron chi connectivity index (χ0n) is 13.9. The van der Waals surface area contributed by atoms with Gasteiger partial charge in [0.05, 0.1) is 11.3 Å². The largest absolute Gasteiger partial charge is 0.416 e. The molecular formula is C15H22F3N3O2S. The van der Waals surface area contributed by atoms with Gasteiger partial charge < -0.3 is 10.2 Å². The van der Waals surface area contributed by atoms with Gasteiger partial charge in [0, 0.05) is 33.4 Å². The van der Waals surface area contributed by atoms with E-state index in [1.54, 1.807) is 19.0 Å². The molecule has 0 heterocycles. The zero-order chi connectivity index (χ0) is 18.4. The molecule has 136 valence electrons. The average Bonchev–Trinajstić information content (AvgIpc) is 2.45. The molecule has 0 atom stereocenters. The highest BCUT2D eigenvalue weighted by atomic mass is 32.2. The lowest BCUT2D eigenvalue weighted by molar-refractivity contribution is -0.137. The summed E-state index contributed by atoms with van der Waals surface area (Å²) >= 11 is 0. The molecular weight excluding hydrogens is 343 g/mol. The molecule has 1 aromatic carbocycles. The number of aliphatic imine (C=N–C) groups is 1. The maximum Gasteiger partial charge on any atom is 0.416 e. The molecule has 24 heavy (non-hydrogen) atoms. The fraction of sp³-hybridized carbons (Fsp3) is 0.533. The third-order valence-electron chi connectivity index (χ3n) is 3.25. The lowest BCUT2D eigenvalue weighted by atomic mass is 10.1. The first-order valence-electron chi connectivity index (χ1n) is 7.28. The Balaban J connectivity index is 2.56. The van der Waals surface area contributed by atoms with E-state index in [0.717, 1.165) is 12.1 Å². The molecule has 0 aliphatic rings. The summed E-state index contributed by atoms with van der Waals surface area (Å²) in [5, 5.41) is 3.03. The molecule has 0 saturated carbocycles. The summed E-state index contributed by atoms with van der Waals surface area (Å²) in [5.41, 5.74) is 0.0294. The van der Waals surface area contributed by atoms with Crippen molar-refractivity contribution < 1.29 is 21.6 Å². The first-order chi connectivity index (χ1) is 11.0. The number of benzene rings is 1. The fourth-order valence-corrected chi connectivity index (χ4v) is 2.74. The van der Waals surface area contributed by atoms with E-state index in [4.69, 9.17) is 0 Å². The quantitative estimate of drug-likeness (QED) is 0.477. The van der Waals surface area contributed by atoms with E-state index in [0.29, 0.717) is 31.0 Å². The van der Waals surface area contributed by atoms with Crippen LogP contribution < -0.4 is 5.32 Å². The van der Waals surface area contributed by atoms with Crippen molar-refractivity contribution in [3.8, 4) is 0 Å². The Labute approximate surface area is 140 Å². The molecule has 0 aliphatic heterocycles. The number of nitrogens with zero attached hydrogens (tertiary/aromatic N) is 2. The van der Waals surface area contributed by atoms with Crippen molar-refractivity contribution in [2.45, 2.75) is 19.1 Å². The van der Waals surface area contributed by atoms with Crippen molar-refractivity contribution in [1.82, 2.24) is 10.2 Å². The van der Waals surface area contributed by atoms with Gasteiger partial charge in [-0.05, 0) is 24.1 Å². The molecule has 9 heteroatoms. The highest BCUT2D eigenvalue weighted by Crippen LogP contribution is 2.29. The molecule has 1 rings (SSSR count). The van der Waals surface area contributed by atoms with Gasteiger partial charge in [-0.3, -0.25) is 4.99 Å². The number of guanidine groups is 1. The van der Waals surface area contributed by atoms with Crippen LogP contribution in [0.2, 0.25) is 0 Å². The van der Waals surface area contributed by atoms with Crippen LogP contribution in [0.25, 0.3) is 0 Å². The SMILES string of the molecule is CN=C(NCCCS(C)(=O)=O)N(C)Cc1ccc(C(F)(F)F)cc1. The Hall–Kier alpha value is -1.77. The Bertz CT molecular complexity index is 656. The topological polar surface area (TPSA) is 61.8 Å². The zero-order valence-corrected chi connectivity index (χ0v) is 14.7. The molecule has 0 bridgehead atoms. The molecule has 1 N–H and O–H groups in total. The highest BCUT2D eigenvalue weighted by Gasteiger charge is 2.29. The van der Waals surface area contributed by atoms with Gasteiger partial charge >= 0.3 is 6.18 Å². The Kier molecular flexibility index (Phi) is 7.07. The van der Waals surface area contributed by atoms with Gasteiger partial charge in [0.2, 0.25) is 0 Å². The minimum Gasteiger partial charge on any atom is -0.356 e. The lowest BCUT2D eigenvalue weighted by Gasteiger charge is -2.22. The van der Waals surface area contributed by atoms with Crippen LogP contribution in [0.4, 0.5) is 13.2 Å². The number of nitrogens with one attached hydrogen (secondary N) is 1. The van der Waals surface area contributed by atoms with Crippen molar-refractivity contribution in [2.24, 2.45) is 4.99 Å². The molecule has 0 aliphatic carbocycles. The van der Waals surface area contributed by atoms with Crippen molar-refractivity contribution in [3.05, 3.63) is 35.4 Å². The van der Waals surface area contributed by atoms with Crippen molar-refractivity contribution >= 4 is 15.8 Å². The van der Waals surface area contributed by atoms with E-state index in [1.165, 1.54) is 18.4 Å². The Morgan fingerprint density at radius 2 is 1.83 bits per heavy atom. The minimum atomic E-state index is -4.35. The van der Waals surface area contributed by atoms with E-state index < -0.39 is 21.6 Å². The molecule has 0 saturated heterocycles.